The van der Waals surface area contributed by atoms with Crippen molar-refractivity contribution >= 4 is 17.7 Å². The minimum atomic E-state index is -0.175. The van der Waals surface area contributed by atoms with Gasteiger partial charge in [0.15, 0.2) is 0 Å². The Labute approximate surface area is 94.2 Å². The summed E-state index contributed by atoms with van der Waals surface area (Å²) in [6, 6.07) is 1.72. The van der Waals surface area contributed by atoms with Crippen molar-refractivity contribution in [3.05, 3.63) is 12.3 Å². The van der Waals surface area contributed by atoms with Crippen molar-refractivity contribution in [2.45, 2.75) is 19.8 Å². The average molecular weight is 224 g/mol. The van der Waals surface area contributed by atoms with Crippen molar-refractivity contribution in [1.29, 1.82) is 0 Å². The maximum absolute atomic E-state index is 11.0. The van der Waals surface area contributed by atoms with Crippen LogP contribution >= 0.6 is 0 Å². The number of aromatic nitrogens is 2. The molecule has 0 saturated carbocycles. The van der Waals surface area contributed by atoms with Gasteiger partial charge in [0.2, 0.25) is 5.95 Å². The maximum atomic E-state index is 11.0. The van der Waals surface area contributed by atoms with E-state index in [0.29, 0.717) is 31.8 Å². The van der Waals surface area contributed by atoms with Crippen LogP contribution in [0.5, 0.6) is 0 Å². The molecule has 16 heavy (non-hydrogen) atoms. The number of nitrogens with two attached hydrogens (primary N) is 1. The van der Waals surface area contributed by atoms with E-state index in [1.165, 1.54) is 0 Å². The van der Waals surface area contributed by atoms with Gasteiger partial charge in [-0.05, 0) is 19.4 Å². The highest BCUT2D eigenvalue weighted by molar-refractivity contribution is 5.69. The molecular weight excluding hydrogens is 208 g/mol. The number of hydrogen-bond donors (Lipinski definition) is 2. The van der Waals surface area contributed by atoms with Crippen molar-refractivity contribution in [2.75, 3.05) is 24.2 Å². The molecule has 0 spiro atoms. The smallest absolute Gasteiger partial charge is 0.305 e. The predicted molar refractivity (Wildman–Crippen MR) is 60.8 cm³/mol. The van der Waals surface area contributed by atoms with Crippen LogP contribution in [0.4, 0.5) is 11.8 Å². The van der Waals surface area contributed by atoms with E-state index < -0.39 is 0 Å². The van der Waals surface area contributed by atoms with Gasteiger partial charge >= 0.3 is 5.97 Å². The largest absolute Gasteiger partial charge is 0.466 e. The minimum Gasteiger partial charge on any atom is -0.466 e. The Morgan fingerprint density at radius 2 is 2.44 bits per heavy atom. The van der Waals surface area contributed by atoms with Crippen LogP contribution in [0.25, 0.3) is 0 Å². The van der Waals surface area contributed by atoms with E-state index in [1.54, 1.807) is 19.2 Å². The van der Waals surface area contributed by atoms with Crippen LogP contribution in [0.2, 0.25) is 0 Å². The van der Waals surface area contributed by atoms with Crippen LogP contribution in [0.1, 0.15) is 19.8 Å². The summed E-state index contributed by atoms with van der Waals surface area (Å²) < 4.78 is 4.80. The van der Waals surface area contributed by atoms with Crippen LogP contribution in [-0.2, 0) is 9.53 Å². The van der Waals surface area contributed by atoms with E-state index in [1.807, 2.05) is 0 Å². The topological polar surface area (TPSA) is 90.1 Å². The van der Waals surface area contributed by atoms with Crippen LogP contribution < -0.4 is 11.1 Å². The summed E-state index contributed by atoms with van der Waals surface area (Å²) in [7, 11) is 0. The number of anilines is 2. The number of ether oxygens (including phenoxy) is 1. The second-order valence-electron chi connectivity index (χ2n) is 3.14. The number of hydrogen-bond acceptors (Lipinski definition) is 6. The highest BCUT2D eigenvalue weighted by Gasteiger charge is 2.01. The lowest BCUT2D eigenvalue weighted by molar-refractivity contribution is -0.143. The summed E-state index contributed by atoms with van der Waals surface area (Å²) in [5, 5.41) is 3.04. The number of rotatable bonds is 6. The summed E-state index contributed by atoms with van der Waals surface area (Å²) >= 11 is 0. The molecule has 1 heterocycles. The molecule has 3 N–H and O–H groups in total. The van der Waals surface area contributed by atoms with Gasteiger partial charge in [-0.15, -0.1) is 0 Å². The van der Waals surface area contributed by atoms with Crippen molar-refractivity contribution in [3.63, 3.8) is 0 Å². The lowest BCUT2D eigenvalue weighted by Crippen LogP contribution is -2.09. The number of carbonyl (C=O) groups excluding carboxylic acids is 1. The van der Waals surface area contributed by atoms with E-state index in [-0.39, 0.29) is 11.9 Å². The molecule has 1 aromatic rings. The Morgan fingerprint density at radius 3 is 3.12 bits per heavy atom. The molecule has 0 aromatic carbocycles. The van der Waals surface area contributed by atoms with Gasteiger partial charge in [-0.2, -0.15) is 4.98 Å². The van der Waals surface area contributed by atoms with Crippen molar-refractivity contribution < 1.29 is 9.53 Å². The number of nitrogens with one attached hydrogen (secondary N) is 1. The van der Waals surface area contributed by atoms with Crippen LogP contribution in [0.3, 0.4) is 0 Å². The SMILES string of the molecule is CCOC(=O)CCCNc1ccnc(N)n1. The number of esters is 1. The molecule has 0 aliphatic carbocycles. The van der Waals surface area contributed by atoms with Gasteiger partial charge in [-0.25, -0.2) is 4.98 Å². The third-order valence-electron chi connectivity index (χ3n) is 1.84. The van der Waals surface area contributed by atoms with Gasteiger partial charge in [-0.1, -0.05) is 0 Å². The normalized spacial score (nSPS) is 9.81. The summed E-state index contributed by atoms with van der Waals surface area (Å²) in [6.45, 7) is 2.86. The standard InChI is InChI=1S/C10H16N4O2/c1-2-16-9(15)4-3-6-12-8-5-7-13-10(11)14-8/h5,7H,2-4,6H2,1H3,(H3,11,12,13,14). The Balaban J connectivity index is 2.18. The van der Waals surface area contributed by atoms with Crippen LogP contribution in [0, 0.1) is 0 Å². The fourth-order valence-electron chi connectivity index (χ4n) is 1.15. The molecule has 0 bridgehead atoms. The lowest BCUT2D eigenvalue weighted by Gasteiger charge is -2.05. The van der Waals surface area contributed by atoms with E-state index in [4.69, 9.17) is 10.5 Å². The molecule has 0 aliphatic heterocycles. The molecule has 0 amide bonds. The molecular formula is C10H16N4O2. The average Bonchev–Trinajstić information content (AvgIpc) is 2.25. The second kappa shape index (κ2) is 6.60. The fourth-order valence-corrected chi connectivity index (χ4v) is 1.15. The zero-order valence-electron chi connectivity index (χ0n) is 9.27. The van der Waals surface area contributed by atoms with Gasteiger partial charge in [0.05, 0.1) is 6.61 Å². The summed E-state index contributed by atoms with van der Waals surface area (Å²) in [5.74, 6) is 0.721. The van der Waals surface area contributed by atoms with Gasteiger partial charge < -0.3 is 15.8 Å². The fraction of sp³-hybridized carbons (Fsp3) is 0.500. The first-order valence-electron chi connectivity index (χ1n) is 5.20. The molecule has 0 saturated heterocycles. The molecule has 6 nitrogen and oxygen atoms in total. The molecule has 1 rings (SSSR count). The molecule has 0 unspecified atom stereocenters. The monoisotopic (exact) mass is 224 g/mol. The van der Waals surface area contributed by atoms with Crippen LogP contribution in [0.15, 0.2) is 12.3 Å². The molecule has 0 atom stereocenters. The lowest BCUT2D eigenvalue weighted by atomic mass is 10.3. The summed E-state index contributed by atoms with van der Waals surface area (Å²) in [5.41, 5.74) is 5.41. The van der Waals surface area contributed by atoms with E-state index >= 15 is 0 Å². The number of nitrogens with zero attached hydrogens (tertiary/aromatic N) is 2. The van der Waals surface area contributed by atoms with Gasteiger partial charge in [0.25, 0.3) is 0 Å². The van der Waals surface area contributed by atoms with Gasteiger partial charge in [0.1, 0.15) is 5.82 Å². The molecule has 0 aliphatic rings. The van der Waals surface area contributed by atoms with E-state index in [2.05, 4.69) is 15.3 Å². The van der Waals surface area contributed by atoms with Gasteiger partial charge in [0, 0.05) is 19.2 Å². The summed E-state index contributed by atoms with van der Waals surface area (Å²) in [4.78, 5) is 18.8. The maximum Gasteiger partial charge on any atom is 0.305 e. The zero-order valence-corrected chi connectivity index (χ0v) is 9.27. The first-order valence-corrected chi connectivity index (χ1v) is 5.20. The molecule has 6 heteroatoms. The molecule has 1 aromatic heterocycles. The molecule has 88 valence electrons. The zero-order chi connectivity index (χ0) is 11.8. The first kappa shape index (κ1) is 12.2. The van der Waals surface area contributed by atoms with Crippen molar-refractivity contribution in [3.8, 4) is 0 Å². The number of carbonyl (C=O) groups is 1. The highest BCUT2D eigenvalue weighted by Crippen LogP contribution is 2.03. The second-order valence-corrected chi connectivity index (χ2v) is 3.14. The van der Waals surface area contributed by atoms with Crippen LogP contribution in [-0.4, -0.2) is 29.1 Å². The minimum absolute atomic E-state index is 0.175. The highest BCUT2D eigenvalue weighted by atomic mass is 16.5. The van der Waals surface area contributed by atoms with E-state index in [9.17, 15) is 4.79 Å². The Bertz CT molecular complexity index is 343. The third-order valence-corrected chi connectivity index (χ3v) is 1.84. The molecule has 0 fully saturated rings. The number of nitrogen functional groups attached to an aromatic ring is 1. The Hall–Kier alpha value is -1.85. The quantitative estimate of drug-likeness (QED) is 0.549. The van der Waals surface area contributed by atoms with Crippen molar-refractivity contribution in [2.24, 2.45) is 0 Å². The Morgan fingerprint density at radius 1 is 1.62 bits per heavy atom. The molecule has 0 radical (unpaired) electrons. The predicted octanol–water partition coefficient (Wildman–Crippen LogP) is 0.814. The van der Waals surface area contributed by atoms with E-state index in [0.717, 1.165) is 0 Å². The third kappa shape index (κ3) is 4.59. The Kier molecular flexibility index (Phi) is 5.04. The summed E-state index contributed by atoms with van der Waals surface area (Å²) in [6.07, 6.45) is 2.68. The van der Waals surface area contributed by atoms with Crippen molar-refractivity contribution in [1.82, 2.24) is 9.97 Å². The first-order chi connectivity index (χ1) is 7.72. The van der Waals surface area contributed by atoms with Gasteiger partial charge in [-0.3, -0.25) is 4.79 Å².